The maximum absolute atomic E-state index is 12.6. The van der Waals surface area contributed by atoms with Gasteiger partial charge in [-0.15, -0.1) is 0 Å². The molecule has 1 N–H and O–H groups in total. The minimum atomic E-state index is -0.131. The lowest BCUT2D eigenvalue weighted by molar-refractivity contribution is -0.128. The number of benzene rings is 1. The molecule has 0 spiro atoms. The first-order chi connectivity index (χ1) is 11.9. The van der Waals surface area contributed by atoms with Crippen LogP contribution < -0.4 is 5.32 Å². The summed E-state index contributed by atoms with van der Waals surface area (Å²) in [6, 6.07) is 9.30. The summed E-state index contributed by atoms with van der Waals surface area (Å²) >= 11 is 0. The van der Waals surface area contributed by atoms with Gasteiger partial charge in [-0.25, -0.2) is 0 Å². The molecule has 2 amide bonds. The van der Waals surface area contributed by atoms with E-state index in [1.54, 1.807) is 6.07 Å². The van der Waals surface area contributed by atoms with Crippen LogP contribution >= 0.6 is 0 Å². The lowest BCUT2D eigenvalue weighted by Gasteiger charge is -2.17. The third kappa shape index (κ3) is 3.92. The van der Waals surface area contributed by atoms with Crippen LogP contribution in [0.1, 0.15) is 58.8 Å². The van der Waals surface area contributed by atoms with Crippen molar-refractivity contribution < 1.29 is 14.0 Å². The van der Waals surface area contributed by atoms with Crippen molar-refractivity contribution in [3.05, 3.63) is 58.5 Å². The van der Waals surface area contributed by atoms with Gasteiger partial charge < -0.3 is 14.6 Å². The first kappa shape index (κ1) is 17.3. The molecule has 0 bridgehead atoms. The number of carbonyl (C=O) groups excluding carboxylic acids is 2. The van der Waals surface area contributed by atoms with E-state index in [0.717, 1.165) is 35.6 Å². The van der Waals surface area contributed by atoms with Crippen LogP contribution in [0.3, 0.4) is 0 Å². The van der Waals surface area contributed by atoms with E-state index in [4.69, 9.17) is 4.42 Å². The van der Waals surface area contributed by atoms with Gasteiger partial charge in [0.15, 0.2) is 0 Å². The van der Waals surface area contributed by atoms with Crippen LogP contribution in [0.15, 0.2) is 34.7 Å². The molecule has 1 fully saturated rings. The van der Waals surface area contributed by atoms with Gasteiger partial charge in [0.25, 0.3) is 5.91 Å². The molecule has 0 unspecified atom stereocenters. The predicted octanol–water partition coefficient (Wildman–Crippen LogP) is 3.51. The zero-order valence-electron chi connectivity index (χ0n) is 15.0. The van der Waals surface area contributed by atoms with E-state index in [2.05, 4.69) is 5.32 Å². The second-order valence-electron chi connectivity index (χ2n) is 6.68. The number of nitrogens with one attached hydrogen (secondary N) is 1. The number of furan rings is 1. The van der Waals surface area contributed by atoms with E-state index in [9.17, 15) is 9.59 Å². The highest BCUT2D eigenvalue weighted by molar-refractivity contribution is 5.94. The molecular formula is C20H24N2O3. The molecule has 1 aliphatic rings. The molecule has 132 valence electrons. The monoisotopic (exact) mass is 340 g/mol. The second-order valence-corrected chi connectivity index (χ2v) is 6.68. The topological polar surface area (TPSA) is 62.6 Å². The van der Waals surface area contributed by atoms with Gasteiger partial charge in [0, 0.05) is 30.6 Å². The van der Waals surface area contributed by atoms with Crippen molar-refractivity contribution in [1.82, 2.24) is 10.2 Å². The van der Waals surface area contributed by atoms with E-state index in [1.165, 1.54) is 0 Å². The maximum Gasteiger partial charge on any atom is 0.251 e. The number of rotatable bonds is 5. The van der Waals surface area contributed by atoms with Crippen LogP contribution in [0.5, 0.6) is 0 Å². The van der Waals surface area contributed by atoms with Gasteiger partial charge in [0.1, 0.15) is 11.5 Å². The van der Waals surface area contributed by atoms with Crippen LogP contribution in [-0.4, -0.2) is 23.3 Å². The van der Waals surface area contributed by atoms with Crippen LogP contribution in [0.4, 0.5) is 0 Å². The Morgan fingerprint density at radius 2 is 2.12 bits per heavy atom. The Balaban J connectivity index is 1.68. The first-order valence-corrected chi connectivity index (χ1v) is 8.68. The summed E-state index contributed by atoms with van der Waals surface area (Å²) < 4.78 is 5.54. The number of hydrogen-bond acceptors (Lipinski definition) is 3. The quantitative estimate of drug-likeness (QED) is 0.906. The number of hydrogen-bond donors (Lipinski definition) is 1. The van der Waals surface area contributed by atoms with Crippen LogP contribution in [0.25, 0.3) is 0 Å². The van der Waals surface area contributed by atoms with Crippen LogP contribution in [0, 0.1) is 13.8 Å². The van der Waals surface area contributed by atoms with Gasteiger partial charge >= 0.3 is 0 Å². The van der Waals surface area contributed by atoms with Gasteiger partial charge in [-0.3, -0.25) is 9.59 Å². The summed E-state index contributed by atoms with van der Waals surface area (Å²) in [5, 5.41) is 3.02. The molecule has 5 nitrogen and oxygen atoms in total. The van der Waals surface area contributed by atoms with Gasteiger partial charge in [0.2, 0.25) is 5.91 Å². The van der Waals surface area contributed by atoms with Crippen LogP contribution in [-0.2, 0) is 11.3 Å². The number of amides is 2. The smallest absolute Gasteiger partial charge is 0.251 e. The molecule has 1 aliphatic heterocycles. The Labute approximate surface area is 148 Å². The van der Waals surface area contributed by atoms with Crippen molar-refractivity contribution in [3.63, 3.8) is 0 Å². The fourth-order valence-electron chi connectivity index (χ4n) is 3.34. The van der Waals surface area contributed by atoms with Gasteiger partial charge in [-0.2, -0.15) is 0 Å². The predicted molar refractivity (Wildman–Crippen MR) is 95.2 cm³/mol. The highest BCUT2D eigenvalue weighted by Crippen LogP contribution is 2.22. The molecule has 5 heteroatoms. The second kappa shape index (κ2) is 7.13. The van der Waals surface area contributed by atoms with E-state index in [1.807, 2.05) is 49.9 Å². The number of aryl methyl sites for hydroxylation is 2. The van der Waals surface area contributed by atoms with E-state index in [-0.39, 0.29) is 17.9 Å². The molecule has 0 radical (unpaired) electrons. The highest BCUT2D eigenvalue weighted by atomic mass is 16.3. The zero-order chi connectivity index (χ0) is 18.0. The van der Waals surface area contributed by atoms with Crippen molar-refractivity contribution in [3.8, 4) is 0 Å². The third-order valence-corrected chi connectivity index (χ3v) is 4.63. The summed E-state index contributed by atoms with van der Waals surface area (Å²) in [5.41, 5.74) is 2.57. The lowest BCUT2D eigenvalue weighted by atomic mass is 10.1. The van der Waals surface area contributed by atoms with Crippen molar-refractivity contribution >= 4 is 11.8 Å². The largest absolute Gasteiger partial charge is 0.466 e. The maximum atomic E-state index is 12.6. The van der Waals surface area contributed by atoms with Crippen molar-refractivity contribution in [2.24, 2.45) is 0 Å². The molecule has 2 heterocycles. The Morgan fingerprint density at radius 3 is 2.76 bits per heavy atom. The van der Waals surface area contributed by atoms with E-state index >= 15 is 0 Å². The minimum absolute atomic E-state index is 0.125. The zero-order valence-corrected chi connectivity index (χ0v) is 15.0. The van der Waals surface area contributed by atoms with Gasteiger partial charge in [-0.05, 0) is 51.0 Å². The normalized spacial score (nSPS) is 15.5. The molecule has 0 aliphatic carbocycles. The molecule has 1 aromatic carbocycles. The van der Waals surface area contributed by atoms with Crippen molar-refractivity contribution in [1.29, 1.82) is 0 Å². The number of carbonyl (C=O) groups is 2. The molecule has 0 saturated carbocycles. The lowest BCUT2D eigenvalue weighted by Crippen LogP contribution is -2.27. The Hall–Kier alpha value is -2.56. The summed E-state index contributed by atoms with van der Waals surface area (Å²) in [5.74, 6) is 1.73. The fourth-order valence-corrected chi connectivity index (χ4v) is 3.34. The molecule has 3 rings (SSSR count). The fraction of sp³-hybridized carbons (Fsp3) is 0.400. The summed E-state index contributed by atoms with van der Waals surface area (Å²) in [6.07, 6.45) is 1.54. The minimum Gasteiger partial charge on any atom is -0.466 e. The highest BCUT2D eigenvalue weighted by Gasteiger charge is 2.21. The Bertz CT molecular complexity index is 794. The molecule has 1 atom stereocenters. The molecule has 25 heavy (non-hydrogen) atoms. The summed E-state index contributed by atoms with van der Waals surface area (Å²) in [7, 11) is 0. The van der Waals surface area contributed by atoms with Gasteiger partial charge in [-0.1, -0.05) is 12.1 Å². The Morgan fingerprint density at radius 1 is 1.32 bits per heavy atom. The van der Waals surface area contributed by atoms with E-state index in [0.29, 0.717) is 18.5 Å². The third-order valence-electron chi connectivity index (χ3n) is 4.63. The molecular weight excluding hydrogens is 316 g/mol. The molecule has 1 saturated heterocycles. The average molecular weight is 340 g/mol. The summed E-state index contributed by atoms with van der Waals surface area (Å²) in [4.78, 5) is 26.2. The number of likely N-dealkylation sites (tertiary alicyclic amines) is 1. The van der Waals surface area contributed by atoms with Crippen LogP contribution in [0.2, 0.25) is 0 Å². The standard InChI is InChI=1S/C20H24N2O3/c1-13-10-18(15(3)25-13)14(2)21-20(24)17-7-4-6-16(11-17)12-22-9-5-8-19(22)23/h4,6-7,10-11,14H,5,8-9,12H2,1-3H3,(H,21,24)/t14-/m0/s1. The number of nitrogens with zero attached hydrogens (tertiary/aromatic N) is 1. The SMILES string of the molecule is Cc1cc([C@H](C)NC(=O)c2cccc(CN3CCCC3=O)c2)c(C)o1. The van der Waals surface area contributed by atoms with Crippen molar-refractivity contribution in [2.75, 3.05) is 6.54 Å². The molecule has 2 aromatic rings. The van der Waals surface area contributed by atoms with E-state index < -0.39 is 0 Å². The van der Waals surface area contributed by atoms with Gasteiger partial charge in [0.05, 0.1) is 6.04 Å². The van der Waals surface area contributed by atoms with Crippen molar-refractivity contribution in [2.45, 2.75) is 46.2 Å². The Kier molecular flexibility index (Phi) is 4.93. The molecule has 1 aromatic heterocycles. The average Bonchev–Trinajstić information content (AvgIpc) is 3.12. The summed E-state index contributed by atoms with van der Waals surface area (Å²) in [6.45, 7) is 7.11. The first-order valence-electron chi connectivity index (χ1n) is 8.68.